The van der Waals surface area contributed by atoms with Gasteiger partial charge in [0.1, 0.15) is 10.7 Å². The van der Waals surface area contributed by atoms with Gasteiger partial charge in [-0.1, -0.05) is 37.0 Å². The Kier molecular flexibility index (Phi) is 6.57. The predicted octanol–water partition coefficient (Wildman–Crippen LogP) is 3.58. The number of nitrogens with zero attached hydrogens (tertiary/aromatic N) is 2. The summed E-state index contributed by atoms with van der Waals surface area (Å²) in [6, 6.07) is 1.18. The summed E-state index contributed by atoms with van der Waals surface area (Å²) in [5.74, 6) is -0.927. The van der Waals surface area contributed by atoms with Crippen LogP contribution in [0.1, 0.15) is 41.2 Å². The molecule has 0 aliphatic rings. The van der Waals surface area contributed by atoms with Crippen molar-refractivity contribution in [1.82, 2.24) is 15.3 Å². The lowest BCUT2D eigenvalue weighted by Gasteiger charge is -2.08. The van der Waals surface area contributed by atoms with Crippen LogP contribution < -0.4 is 10.6 Å². The van der Waals surface area contributed by atoms with Gasteiger partial charge < -0.3 is 15.7 Å². The van der Waals surface area contributed by atoms with E-state index >= 15 is 0 Å². The third kappa shape index (κ3) is 5.04. The number of pyridine rings is 1. The molecule has 2 amide bonds. The van der Waals surface area contributed by atoms with Crippen LogP contribution in [0.15, 0.2) is 11.6 Å². The maximum absolute atomic E-state index is 12.3. The lowest BCUT2D eigenvalue weighted by molar-refractivity contribution is 0.0948. The molecule has 0 saturated carbocycles. The number of anilines is 1. The molecule has 2 aromatic heterocycles. The van der Waals surface area contributed by atoms with E-state index in [0.717, 1.165) is 17.8 Å². The SMILES string of the molecule is CC(C)CCNC(=O)c1ncsc1NC(=O)c1cc(Cl)c(O)c(Cl)n1. The van der Waals surface area contributed by atoms with E-state index in [-0.39, 0.29) is 32.5 Å². The number of carbonyl (C=O) groups is 2. The van der Waals surface area contributed by atoms with Crippen molar-refractivity contribution >= 4 is 51.4 Å². The number of hydrogen-bond donors (Lipinski definition) is 3. The Morgan fingerprint density at radius 2 is 2.04 bits per heavy atom. The van der Waals surface area contributed by atoms with Crippen molar-refractivity contribution in [3.8, 4) is 5.75 Å². The van der Waals surface area contributed by atoms with Gasteiger partial charge in [-0.25, -0.2) is 9.97 Å². The first-order chi connectivity index (χ1) is 11.8. The van der Waals surface area contributed by atoms with Crippen LogP contribution in [0.25, 0.3) is 0 Å². The summed E-state index contributed by atoms with van der Waals surface area (Å²) < 4.78 is 0. The minimum atomic E-state index is -0.621. The van der Waals surface area contributed by atoms with Crippen LogP contribution >= 0.6 is 34.5 Å². The zero-order valence-corrected chi connectivity index (χ0v) is 15.8. The van der Waals surface area contributed by atoms with E-state index < -0.39 is 11.7 Å². The quantitative estimate of drug-likeness (QED) is 0.640. The largest absolute Gasteiger partial charge is 0.504 e. The summed E-state index contributed by atoms with van der Waals surface area (Å²) in [7, 11) is 0. The average Bonchev–Trinajstić information content (AvgIpc) is 2.99. The van der Waals surface area contributed by atoms with Gasteiger partial charge in [0.25, 0.3) is 11.8 Å². The number of aromatic hydroxyl groups is 1. The van der Waals surface area contributed by atoms with Gasteiger partial charge in [-0.15, -0.1) is 11.3 Å². The molecular formula is C15H16Cl2N4O3S. The molecule has 25 heavy (non-hydrogen) atoms. The second kappa shape index (κ2) is 8.46. The Bertz CT molecular complexity index is 772. The van der Waals surface area contributed by atoms with Gasteiger partial charge in [0.05, 0.1) is 10.5 Å². The molecular weight excluding hydrogens is 387 g/mol. The molecule has 0 aliphatic heterocycles. The molecule has 0 radical (unpaired) electrons. The molecule has 10 heteroatoms. The lowest BCUT2D eigenvalue weighted by Crippen LogP contribution is -2.27. The highest BCUT2D eigenvalue weighted by molar-refractivity contribution is 7.14. The first-order valence-corrected chi connectivity index (χ1v) is 9.01. The van der Waals surface area contributed by atoms with Crippen LogP contribution in [0, 0.1) is 5.92 Å². The molecule has 134 valence electrons. The summed E-state index contributed by atoms with van der Waals surface area (Å²) in [4.78, 5) is 32.2. The third-order valence-electron chi connectivity index (χ3n) is 3.15. The van der Waals surface area contributed by atoms with Gasteiger partial charge in [0.15, 0.2) is 16.6 Å². The van der Waals surface area contributed by atoms with E-state index in [1.165, 1.54) is 11.6 Å². The summed E-state index contributed by atoms with van der Waals surface area (Å²) >= 11 is 12.6. The Hall–Kier alpha value is -1.90. The van der Waals surface area contributed by atoms with Crippen molar-refractivity contribution in [2.24, 2.45) is 5.92 Å². The lowest BCUT2D eigenvalue weighted by atomic mass is 10.1. The zero-order chi connectivity index (χ0) is 18.6. The first-order valence-electron chi connectivity index (χ1n) is 7.37. The third-order valence-corrected chi connectivity index (χ3v) is 4.45. The van der Waals surface area contributed by atoms with E-state index in [1.54, 1.807) is 0 Å². The molecule has 0 atom stereocenters. The molecule has 2 rings (SSSR count). The number of carbonyl (C=O) groups excluding carboxylic acids is 2. The smallest absolute Gasteiger partial charge is 0.275 e. The fourth-order valence-electron chi connectivity index (χ4n) is 1.82. The maximum atomic E-state index is 12.3. The molecule has 0 unspecified atom stereocenters. The van der Waals surface area contributed by atoms with Crippen LogP contribution in [-0.4, -0.2) is 33.4 Å². The minimum absolute atomic E-state index is 0.0904. The summed E-state index contributed by atoms with van der Waals surface area (Å²) in [6.07, 6.45) is 0.839. The second-order valence-corrected chi connectivity index (χ2v) is 7.17. The van der Waals surface area contributed by atoms with Gasteiger partial charge in [-0.2, -0.15) is 0 Å². The molecule has 2 heterocycles. The number of halogens is 2. The summed E-state index contributed by atoms with van der Waals surface area (Å²) in [5.41, 5.74) is 1.49. The monoisotopic (exact) mass is 402 g/mol. The standard InChI is InChI=1S/C15H16Cl2N4O3S/c1-7(2)3-4-18-14(24)10-15(25-6-19-10)21-13(23)9-5-8(16)11(22)12(17)20-9/h5-7,22H,3-4H2,1-2H3,(H,18,24)(H,21,23). The Morgan fingerprint density at radius 3 is 2.68 bits per heavy atom. The highest BCUT2D eigenvalue weighted by Gasteiger charge is 2.19. The Labute approximate surface area is 158 Å². The number of nitrogens with one attached hydrogen (secondary N) is 2. The summed E-state index contributed by atoms with van der Waals surface area (Å²) in [5, 5.41) is 14.7. The molecule has 0 spiro atoms. The molecule has 3 N–H and O–H groups in total. The molecule has 2 aromatic rings. The molecule has 0 aromatic carbocycles. The normalized spacial score (nSPS) is 10.8. The predicted molar refractivity (Wildman–Crippen MR) is 97.8 cm³/mol. The van der Waals surface area contributed by atoms with Crippen LogP contribution in [0.4, 0.5) is 5.00 Å². The van der Waals surface area contributed by atoms with Crippen molar-refractivity contribution in [2.75, 3.05) is 11.9 Å². The first kappa shape index (κ1) is 19.4. The minimum Gasteiger partial charge on any atom is -0.504 e. The molecule has 7 nitrogen and oxygen atoms in total. The zero-order valence-electron chi connectivity index (χ0n) is 13.5. The van der Waals surface area contributed by atoms with E-state index in [9.17, 15) is 14.7 Å². The van der Waals surface area contributed by atoms with E-state index in [4.69, 9.17) is 23.2 Å². The molecule has 0 bridgehead atoms. The van der Waals surface area contributed by atoms with Crippen LogP contribution in [-0.2, 0) is 0 Å². The van der Waals surface area contributed by atoms with Crippen molar-refractivity contribution in [2.45, 2.75) is 20.3 Å². The van der Waals surface area contributed by atoms with Gasteiger partial charge >= 0.3 is 0 Å². The van der Waals surface area contributed by atoms with E-state index in [1.807, 2.05) is 0 Å². The van der Waals surface area contributed by atoms with Gasteiger partial charge in [0, 0.05) is 6.54 Å². The summed E-state index contributed by atoms with van der Waals surface area (Å²) in [6.45, 7) is 4.63. The van der Waals surface area contributed by atoms with Gasteiger partial charge in [-0.05, 0) is 18.4 Å². The highest BCUT2D eigenvalue weighted by Crippen LogP contribution is 2.30. The fraction of sp³-hybridized carbons (Fsp3) is 0.333. The molecule has 0 aliphatic carbocycles. The average molecular weight is 403 g/mol. The van der Waals surface area contributed by atoms with Crippen LogP contribution in [0.3, 0.4) is 0 Å². The van der Waals surface area contributed by atoms with Crippen molar-refractivity contribution < 1.29 is 14.7 Å². The maximum Gasteiger partial charge on any atom is 0.275 e. The number of amides is 2. The van der Waals surface area contributed by atoms with E-state index in [0.29, 0.717) is 12.5 Å². The van der Waals surface area contributed by atoms with Gasteiger partial charge in [-0.3, -0.25) is 9.59 Å². The van der Waals surface area contributed by atoms with Crippen molar-refractivity contribution in [3.63, 3.8) is 0 Å². The number of hydrogen-bond acceptors (Lipinski definition) is 6. The highest BCUT2D eigenvalue weighted by atomic mass is 35.5. The number of aromatic nitrogens is 2. The van der Waals surface area contributed by atoms with Crippen molar-refractivity contribution in [1.29, 1.82) is 0 Å². The Morgan fingerprint density at radius 1 is 1.32 bits per heavy atom. The number of rotatable bonds is 6. The van der Waals surface area contributed by atoms with E-state index in [2.05, 4.69) is 34.4 Å². The second-order valence-electron chi connectivity index (χ2n) is 5.55. The van der Waals surface area contributed by atoms with Crippen LogP contribution in [0.5, 0.6) is 5.75 Å². The fourth-order valence-corrected chi connectivity index (χ4v) is 2.92. The molecule has 0 saturated heterocycles. The van der Waals surface area contributed by atoms with Crippen molar-refractivity contribution in [3.05, 3.63) is 33.1 Å². The Balaban J connectivity index is 2.10. The topological polar surface area (TPSA) is 104 Å². The van der Waals surface area contributed by atoms with Crippen LogP contribution in [0.2, 0.25) is 10.2 Å². The molecule has 0 fully saturated rings. The van der Waals surface area contributed by atoms with Gasteiger partial charge in [0.2, 0.25) is 0 Å². The number of thiazole rings is 1.